The molecule has 0 amide bonds. The first-order valence-corrected chi connectivity index (χ1v) is 15.9. The number of benzene rings is 9. The van der Waals surface area contributed by atoms with Crippen LogP contribution in [0.4, 0.5) is 0 Å². The predicted molar refractivity (Wildman–Crippen MR) is 198 cm³/mol. The molecule has 0 heterocycles. The average Bonchev–Trinajstić information content (AvgIpc) is 3.13. The molecule has 0 saturated heterocycles. The topological polar surface area (TPSA) is 0 Å². The summed E-state index contributed by atoms with van der Waals surface area (Å²) in [6, 6.07) is 66.5. The van der Waals surface area contributed by atoms with Crippen molar-refractivity contribution in [2.24, 2.45) is 0 Å². The van der Waals surface area contributed by atoms with Crippen molar-refractivity contribution >= 4 is 43.1 Å². The van der Waals surface area contributed by atoms with Gasteiger partial charge in [-0.1, -0.05) is 170 Å². The van der Waals surface area contributed by atoms with E-state index in [0.717, 1.165) is 0 Å². The van der Waals surface area contributed by atoms with Crippen LogP contribution in [-0.2, 0) is 0 Å². The monoisotopic (exact) mass is 582 g/mol. The highest BCUT2D eigenvalue weighted by Gasteiger charge is 2.18. The van der Waals surface area contributed by atoms with Gasteiger partial charge in [0.2, 0.25) is 0 Å². The molecular formula is C46H30. The van der Waals surface area contributed by atoms with E-state index < -0.39 is 0 Å². The molecule has 0 nitrogen and oxygen atoms in total. The Morgan fingerprint density at radius 2 is 0.696 bits per heavy atom. The molecule has 0 heteroatoms. The first-order valence-electron chi connectivity index (χ1n) is 15.9. The van der Waals surface area contributed by atoms with Crippen LogP contribution in [0.25, 0.3) is 87.6 Å². The summed E-state index contributed by atoms with van der Waals surface area (Å²) in [7, 11) is 0. The summed E-state index contributed by atoms with van der Waals surface area (Å²) in [4.78, 5) is 0. The van der Waals surface area contributed by atoms with E-state index >= 15 is 0 Å². The Morgan fingerprint density at radius 1 is 0.217 bits per heavy atom. The van der Waals surface area contributed by atoms with Crippen LogP contribution in [0, 0.1) is 0 Å². The van der Waals surface area contributed by atoms with Gasteiger partial charge in [-0.15, -0.1) is 0 Å². The Hall–Kier alpha value is -5.98. The fraction of sp³-hybridized carbons (Fsp3) is 0. The normalized spacial score (nSPS) is 11.5. The Labute approximate surface area is 268 Å². The van der Waals surface area contributed by atoms with Crippen LogP contribution in [0.2, 0.25) is 0 Å². The number of hydrogen-bond acceptors (Lipinski definition) is 0. The van der Waals surface area contributed by atoms with Gasteiger partial charge in [-0.2, -0.15) is 0 Å². The van der Waals surface area contributed by atoms with Crippen molar-refractivity contribution in [2.75, 3.05) is 0 Å². The maximum absolute atomic E-state index is 2.41. The highest BCUT2D eigenvalue weighted by molar-refractivity contribution is 6.23. The van der Waals surface area contributed by atoms with Crippen LogP contribution in [0.3, 0.4) is 0 Å². The molecule has 0 aliphatic heterocycles. The minimum absolute atomic E-state index is 1.21. The molecule has 46 heavy (non-hydrogen) atoms. The lowest BCUT2D eigenvalue weighted by atomic mass is 9.84. The minimum atomic E-state index is 1.21. The molecule has 0 atom stereocenters. The van der Waals surface area contributed by atoms with Gasteiger partial charge in [-0.3, -0.25) is 0 Å². The smallest absolute Gasteiger partial charge is 0.00199 e. The van der Waals surface area contributed by atoms with Gasteiger partial charge in [-0.25, -0.2) is 0 Å². The lowest BCUT2D eigenvalue weighted by Gasteiger charge is -2.19. The molecule has 9 aromatic rings. The lowest BCUT2D eigenvalue weighted by molar-refractivity contribution is 1.61. The van der Waals surface area contributed by atoms with Crippen molar-refractivity contribution in [3.8, 4) is 44.5 Å². The van der Waals surface area contributed by atoms with Crippen LogP contribution in [0.1, 0.15) is 0 Å². The van der Waals surface area contributed by atoms with Crippen LogP contribution in [0.15, 0.2) is 182 Å². The summed E-state index contributed by atoms with van der Waals surface area (Å²) in [5.74, 6) is 0. The average molecular weight is 583 g/mol. The van der Waals surface area contributed by atoms with E-state index in [-0.39, 0.29) is 0 Å². The van der Waals surface area contributed by atoms with Crippen LogP contribution >= 0.6 is 0 Å². The van der Waals surface area contributed by atoms with Crippen molar-refractivity contribution in [3.05, 3.63) is 182 Å². The fourth-order valence-corrected chi connectivity index (χ4v) is 7.34. The molecule has 9 rings (SSSR count). The van der Waals surface area contributed by atoms with E-state index in [1.807, 2.05) is 0 Å². The van der Waals surface area contributed by atoms with E-state index in [1.54, 1.807) is 0 Å². The van der Waals surface area contributed by atoms with Crippen molar-refractivity contribution < 1.29 is 0 Å². The molecule has 0 fully saturated rings. The van der Waals surface area contributed by atoms with E-state index in [2.05, 4.69) is 182 Å². The third-order valence-electron chi connectivity index (χ3n) is 9.44. The molecule has 9 aromatic carbocycles. The van der Waals surface area contributed by atoms with Crippen molar-refractivity contribution in [1.29, 1.82) is 0 Å². The van der Waals surface area contributed by atoms with Gasteiger partial charge in [0.1, 0.15) is 0 Å². The van der Waals surface area contributed by atoms with Gasteiger partial charge in [0.25, 0.3) is 0 Å². The Balaban J connectivity index is 1.28. The summed E-state index contributed by atoms with van der Waals surface area (Å²) < 4.78 is 0. The second kappa shape index (κ2) is 10.9. The molecule has 0 aliphatic carbocycles. The Morgan fingerprint density at radius 3 is 1.35 bits per heavy atom. The van der Waals surface area contributed by atoms with Crippen LogP contribution in [0.5, 0.6) is 0 Å². The molecule has 0 aromatic heterocycles. The van der Waals surface area contributed by atoms with Crippen LogP contribution < -0.4 is 0 Å². The van der Waals surface area contributed by atoms with Gasteiger partial charge in [0.15, 0.2) is 0 Å². The van der Waals surface area contributed by atoms with Crippen molar-refractivity contribution in [2.45, 2.75) is 0 Å². The Kier molecular flexibility index (Phi) is 6.25. The van der Waals surface area contributed by atoms with Gasteiger partial charge < -0.3 is 0 Å². The third kappa shape index (κ3) is 4.30. The number of fused-ring (bicyclic) bond motifs is 4. The zero-order valence-electron chi connectivity index (χ0n) is 25.3. The van der Waals surface area contributed by atoms with Gasteiger partial charge in [-0.05, 0) is 99.7 Å². The summed E-state index contributed by atoms with van der Waals surface area (Å²) in [5, 5.41) is 10.1. The molecule has 0 unspecified atom stereocenters. The predicted octanol–water partition coefficient (Wildman–Crippen LogP) is 13.0. The highest BCUT2D eigenvalue weighted by Crippen LogP contribution is 2.46. The van der Waals surface area contributed by atoms with Crippen molar-refractivity contribution in [1.82, 2.24) is 0 Å². The number of rotatable bonds is 4. The van der Waals surface area contributed by atoms with Gasteiger partial charge >= 0.3 is 0 Å². The maximum Gasteiger partial charge on any atom is -0.00199 e. The standard InChI is InChI=1S/C46H30/c1-2-14-34(15-3-1)45-40-20-8-10-22-42(40)46(43-23-11-9-21-41(43)45)44-30-36(29-35-16-5-7-19-39(35)44)31-25-27-33(28-26-31)38-24-12-17-32-13-4-6-18-37(32)38/h1-30H. The van der Waals surface area contributed by atoms with E-state index in [0.29, 0.717) is 0 Å². The second-order valence-corrected chi connectivity index (χ2v) is 12.1. The fourth-order valence-electron chi connectivity index (χ4n) is 7.34. The first-order chi connectivity index (χ1) is 22.8. The molecule has 0 bridgehead atoms. The molecule has 0 saturated carbocycles. The molecule has 214 valence electrons. The first kappa shape index (κ1) is 26.4. The molecule has 0 spiro atoms. The third-order valence-corrected chi connectivity index (χ3v) is 9.44. The zero-order chi connectivity index (χ0) is 30.5. The summed E-state index contributed by atoms with van der Waals surface area (Å²) in [6.45, 7) is 0. The van der Waals surface area contributed by atoms with Gasteiger partial charge in [0.05, 0.1) is 0 Å². The second-order valence-electron chi connectivity index (χ2n) is 12.1. The summed E-state index contributed by atoms with van der Waals surface area (Å²) in [6.07, 6.45) is 0. The maximum atomic E-state index is 2.41. The summed E-state index contributed by atoms with van der Waals surface area (Å²) in [5.41, 5.74) is 10.0. The molecule has 0 radical (unpaired) electrons. The largest absolute Gasteiger partial charge is 0.0622 e. The van der Waals surface area contributed by atoms with E-state index in [1.165, 1.54) is 87.6 Å². The minimum Gasteiger partial charge on any atom is -0.0622 e. The Bertz CT molecular complexity index is 2490. The van der Waals surface area contributed by atoms with E-state index in [9.17, 15) is 0 Å². The highest BCUT2D eigenvalue weighted by atomic mass is 14.2. The van der Waals surface area contributed by atoms with Gasteiger partial charge in [0, 0.05) is 0 Å². The van der Waals surface area contributed by atoms with E-state index in [4.69, 9.17) is 0 Å². The SMILES string of the molecule is c1ccc(-c2c3ccccc3c(-c3cc(-c4ccc(-c5cccc6ccccc56)cc4)cc4ccccc34)c3ccccc23)cc1. The molecule has 0 N–H and O–H groups in total. The van der Waals surface area contributed by atoms with Crippen molar-refractivity contribution in [3.63, 3.8) is 0 Å². The van der Waals surface area contributed by atoms with Crippen LogP contribution in [-0.4, -0.2) is 0 Å². The lowest BCUT2D eigenvalue weighted by Crippen LogP contribution is -1.92. The number of hydrogen-bond donors (Lipinski definition) is 0. The summed E-state index contributed by atoms with van der Waals surface area (Å²) >= 11 is 0. The zero-order valence-corrected chi connectivity index (χ0v) is 25.3. The molecule has 0 aliphatic rings. The molecular weight excluding hydrogens is 553 g/mol. The quantitative estimate of drug-likeness (QED) is 0.181.